The molecule has 2 fully saturated rings. The molecule has 0 aromatic rings. The van der Waals surface area contributed by atoms with E-state index in [9.17, 15) is 9.59 Å². The van der Waals surface area contributed by atoms with Gasteiger partial charge in [-0.05, 0) is 6.42 Å². The number of hydrogen-bond donors (Lipinski definition) is 0. The van der Waals surface area contributed by atoms with E-state index >= 15 is 0 Å². The van der Waals surface area contributed by atoms with Crippen LogP contribution in [-0.4, -0.2) is 66.8 Å². The molecule has 2 aliphatic rings. The molecule has 0 radical (unpaired) electrons. The molecule has 0 aliphatic carbocycles. The molecule has 20 heavy (non-hydrogen) atoms. The van der Waals surface area contributed by atoms with Crippen molar-refractivity contribution in [3.8, 4) is 0 Å². The zero-order valence-corrected chi connectivity index (χ0v) is 12.4. The van der Waals surface area contributed by atoms with Crippen LogP contribution in [0.15, 0.2) is 0 Å². The molecule has 114 valence electrons. The van der Waals surface area contributed by atoms with Crippen LogP contribution < -0.4 is 0 Å². The highest BCUT2D eigenvalue weighted by Crippen LogP contribution is 2.31. The van der Waals surface area contributed by atoms with E-state index in [1.807, 2.05) is 11.8 Å². The van der Waals surface area contributed by atoms with Gasteiger partial charge in [0.2, 0.25) is 11.8 Å². The monoisotopic (exact) mass is 284 g/mol. The Morgan fingerprint density at radius 1 is 1.20 bits per heavy atom. The van der Waals surface area contributed by atoms with Crippen LogP contribution in [0.3, 0.4) is 0 Å². The molecule has 2 saturated heterocycles. The summed E-state index contributed by atoms with van der Waals surface area (Å²) < 4.78 is 11.3. The number of ether oxygens (including phenoxy) is 2. The van der Waals surface area contributed by atoms with Gasteiger partial charge in [0.1, 0.15) is 0 Å². The van der Waals surface area contributed by atoms with Gasteiger partial charge in [0.15, 0.2) is 5.79 Å². The maximum atomic E-state index is 12.2. The Labute approximate surface area is 120 Å². The van der Waals surface area contributed by atoms with E-state index in [-0.39, 0.29) is 18.4 Å². The summed E-state index contributed by atoms with van der Waals surface area (Å²) in [6.45, 7) is 6.87. The standard InChI is InChI=1S/C14H24N2O4/c1-3-6-16(12(2)17)11-13(18)15-7-4-14(5-8-15)19-9-10-20-14/h3-11H2,1-2H3. The zero-order chi connectivity index (χ0) is 14.6. The second-order valence-corrected chi connectivity index (χ2v) is 5.43. The van der Waals surface area contributed by atoms with Crippen molar-refractivity contribution >= 4 is 11.8 Å². The molecule has 0 unspecified atom stereocenters. The van der Waals surface area contributed by atoms with Gasteiger partial charge in [-0.25, -0.2) is 0 Å². The minimum atomic E-state index is -0.458. The highest BCUT2D eigenvalue weighted by Gasteiger charge is 2.40. The number of nitrogens with zero attached hydrogens (tertiary/aromatic N) is 2. The summed E-state index contributed by atoms with van der Waals surface area (Å²) in [5.41, 5.74) is 0. The minimum Gasteiger partial charge on any atom is -0.347 e. The van der Waals surface area contributed by atoms with Crippen LogP contribution in [0.4, 0.5) is 0 Å². The van der Waals surface area contributed by atoms with Crippen LogP contribution in [0.25, 0.3) is 0 Å². The fraction of sp³-hybridized carbons (Fsp3) is 0.857. The maximum absolute atomic E-state index is 12.2. The van der Waals surface area contributed by atoms with Crippen molar-refractivity contribution in [1.82, 2.24) is 9.80 Å². The molecular formula is C14H24N2O4. The first-order valence-electron chi connectivity index (χ1n) is 7.37. The average molecular weight is 284 g/mol. The molecule has 2 aliphatic heterocycles. The Kier molecular flexibility index (Phi) is 4.99. The topological polar surface area (TPSA) is 59.1 Å². The summed E-state index contributed by atoms with van der Waals surface area (Å²) in [5, 5.41) is 0. The SMILES string of the molecule is CCCN(CC(=O)N1CCC2(CC1)OCCO2)C(C)=O. The lowest BCUT2D eigenvalue weighted by Crippen LogP contribution is -2.50. The Morgan fingerprint density at radius 3 is 2.30 bits per heavy atom. The second-order valence-electron chi connectivity index (χ2n) is 5.43. The van der Waals surface area contributed by atoms with Crippen LogP contribution in [-0.2, 0) is 19.1 Å². The zero-order valence-electron chi connectivity index (χ0n) is 12.4. The number of amides is 2. The van der Waals surface area contributed by atoms with Crippen molar-refractivity contribution in [2.75, 3.05) is 39.4 Å². The quantitative estimate of drug-likeness (QED) is 0.759. The molecule has 6 nitrogen and oxygen atoms in total. The first-order valence-corrected chi connectivity index (χ1v) is 7.37. The van der Waals surface area contributed by atoms with Gasteiger partial charge >= 0.3 is 0 Å². The number of likely N-dealkylation sites (tertiary alicyclic amines) is 1. The smallest absolute Gasteiger partial charge is 0.242 e. The third-order valence-corrected chi connectivity index (χ3v) is 3.96. The van der Waals surface area contributed by atoms with Crippen molar-refractivity contribution in [3.63, 3.8) is 0 Å². The molecule has 1 spiro atoms. The fourth-order valence-corrected chi connectivity index (χ4v) is 2.76. The third kappa shape index (κ3) is 3.49. The number of piperidine rings is 1. The van der Waals surface area contributed by atoms with E-state index in [0.29, 0.717) is 45.7 Å². The average Bonchev–Trinajstić information content (AvgIpc) is 2.87. The highest BCUT2D eigenvalue weighted by atomic mass is 16.7. The van der Waals surface area contributed by atoms with Crippen molar-refractivity contribution < 1.29 is 19.1 Å². The number of hydrogen-bond acceptors (Lipinski definition) is 4. The van der Waals surface area contributed by atoms with Gasteiger partial charge in [-0.2, -0.15) is 0 Å². The van der Waals surface area contributed by atoms with Crippen molar-refractivity contribution in [1.29, 1.82) is 0 Å². The summed E-state index contributed by atoms with van der Waals surface area (Å²) >= 11 is 0. The molecular weight excluding hydrogens is 260 g/mol. The van der Waals surface area contributed by atoms with Crippen LogP contribution in [0.1, 0.15) is 33.1 Å². The summed E-state index contributed by atoms with van der Waals surface area (Å²) in [6.07, 6.45) is 2.29. The number of carbonyl (C=O) groups is 2. The minimum absolute atomic E-state index is 0.0153. The molecule has 2 rings (SSSR count). The van der Waals surface area contributed by atoms with Gasteiger partial charge < -0.3 is 19.3 Å². The van der Waals surface area contributed by atoms with Gasteiger partial charge in [-0.1, -0.05) is 6.92 Å². The van der Waals surface area contributed by atoms with E-state index in [0.717, 1.165) is 6.42 Å². The first kappa shape index (κ1) is 15.3. The van der Waals surface area contributed by atoms with Crippen molar-refractivity contribution in [2.45, 2.75) is 38.9 Å². The second kappa shape index (κ2) is 6.54. The predicted molar refractivity (Wildman–Crippen MR) is 73.0 cm³/mol. The summed E-state index contributed by atoms with van der Waals surface area (Å²) in [6, 6.07) is 0. The van der Waals surface area contributed by atoms with Gasteiger partial charge in [0.25, 0.3) is 0 Å². The maximum Gasteiger partial charge on any atom is 0.242 e. The van der Waals surface area contributed by atoms with Gasteiger partial charge in [0.05, 0.1) is 19.8 Å². The molecule has 2 amide bonds. The molecule has 0 aromatic carbocycles. The Bertz CT molecular complexity index is 356. The van der Waals surface area contributed by atoms with E-state index in [2.05, 4.69) is 0 Å². The molecule has 0 N–H and O–H groups in total. The van der Waals surface area contributed by atoms with Gasteiger partial charge in [0, 0.05) is 39.4 Å². The Balaban J connectivity index is 1.83. The molecule has 0 bridgehead atoms. The summed E-state index contributed by atoms with van der Waals surface area (Å²) in [5.74, 6) is -0.488. The summed E-state index contributed by atoms with van der Waals surface area (Å²) in [4.78, 5) is 27.1. The lowest BCUT2D eigenvalue weighted by atomic mass is 10.0. The third-order valence-electron chi connectivity index (χ3n) is 3.96. The van der Waals surface area contributed by atoms with Crippen LogP contribution in [0.5, 0.6) is 0 Å². The van der Waals surface area contributed by atoms with Gasteiger partial charge in [-0.3, -0.25) is 9.59 Å². The van der Waals surface area contributed by atoms with Crippen molar-refractivity contribution in [2.24, 2.45) is 0 Å². The largest absolute Gasteiger partial charge is 0.347 e. The predicted octanol–water partition coefficient (Wildman–Crippen LogP) is 0.610. The Hall–Kier alpha value is -1.14. The fourth-order valence-electron chi connectivity index (χ4n) is 2.76. The van der Waals surface area contributed by atoms with E-state index in [4.69, 9.17) is 9.47 Å². The Morgan fingerprint density at radius 2 is 1.80 bits per heavy atom. The number of carbonyl (C=O) groups excluding carboxylic acids is 2. The highest BCUT2D eigenvalue weighted by molar-refractivity contribution is 5.83. The van der Waals surface area contributed by atoms with Gasteiger partial charge in [-0.15, -0.1) is 0 Å². The van der Waals surface area contributed by atoms with Crippen molar-refractivity contribution in [3.05, 3.63) is 0 Å². The lowest BCUT2D eigenvalue weighted by Gasteiger charge is -2.38. The van der Waals surface area contributed by atoms with E-state index in [1.54, 1.807) is 4.90 Å². The first-order chi connectivity index (χ1) is 9.56. The van der Waals surface area contributed by atoms with Crippen LogP contribution >= 0.6 is 0 Å². The molecule has 0 saturated carbocycles. The number of rotatable bonds is 4. The summed E-state index contributed by atoms with van der Waals surface area (Å²) in [7, 11) is 0. The normalized spacial score (nSPS) is 21.2. The van der Waals surface area contributed by atoms with Crippen LogP contribution in [0.2, 0.25) is 0 Å². The van der Waals surface area contributed by atoms with E-state index < -0.39 is 5.79 Å². The molecule has 0 aromatic heterocycles. The lowest BCUT2D eigenvalue weighted by molar-refractivity contribution is -0.187. The van der Waals surface area contributed by atoms with Crippen LogP contribution in [0, 0.1) is 0 Å². The molecule has 6 heteroatoms. The molecule has 2 heterocycles. The van der Waals surface area contributed by atoms with E-state index in [1.165, 1.54) is 6.92 Å². The molecule has 0 atom stereocenters.